The van der Waals surface area contributed by atoms with Crippen LogP contribution in [-0.2, 0) is 4.79 Å². The topological polar surface area (TPSA) is 78.4 Å². The lowest BCUT2D eigenvalue weighted by molar-refractivity contribution is -0.137. The Kier molecular flexibility index (Phi) is 5.63. The van der Waals surface area contributed by atoms with Crippen LogP contribution < -0.4 is 10.6 Å². The molecule has 3 N–H and O–H groups in total. The van der Waals surface area contributed by atoms with E-state index in [1.54, 1.807) is 0 Å². The first kappa shape index (κ1) is 15.8. The van der Waals surface area contributed by atoms with Gasteiger partial charge in [-0.3, -0.25) is 4.79 Å². The summed E-state index contributed by atoms with van der Waals surface area (Å²) in [6.45, 7) is 6.67. The number of rotatable bonds is 8. The van der Waals surface area contributed by atoms with Crippen LogP contribution in [0.25, 0.3) is 0 Å². The highest BCUT2D eigenvalue weighted by Crippen LogP contribution is 2.48. The van der Waals surface area contributed by atoms with Crippen molar-refractivity contribution in [1.82, 2.24) is 10.6 Å². The van der Waals surface area contributed by atoms with Crippen molar-refractivity contribution in [2.24, 2.45) is 11.3 Å². The summed E-state index contributed by atoms with van der Waals surface area (Å²) in [6.07, 6.45) is 4.62. The average Bonchev–Trinajstić information content (AvgIpc) is 3.06. The lowest BCUT2D eigenvalue weighted by Crippen LogP contribution is -2.46. The molecule has 1 aliphatic carbocycles. The minimum atomic E-state index is -0.886. The third-order valence-electron chi connectivity index (χ3n) is 3.88. The number of carboxylic acid groups (broad SMARTS) is 1. The van der Waals surface area contributed by atoms with Gasteiger partial charge in [-0.25, -0.2) is 4.79 Å². The Morgan fingerprint density at radius 2 is 1.95 bits per heavy atom. The third kappa shape index (κ3) is 5.49. The molecule has 1 fully saturated rings. The van der Waals surface area contributed by atoms with E-state index in [0.717, 1.165) is 12.8 Å². The molecule has 0 saturated heterocycles. The molecule has 2 amide bonds. The van der Waals surface area contributed by atoms with Crippen LogP contribution in [0.3, 0.4) is 0 Å². The zero-order valence-electron chi connectivity index (χ0n) is 12.2. The van der Waals surface area contributed by atoms with Gasteiger partial charge in [-0.15, -0.1) is 0 Å². The highest BCUT2D eigenvalue weighted by molar-refractivity contribution is 5.75. The lowest BCUT2D eigenvalue weighted by atomic mass is 10.0. The number of carbonyl (C=O) groups excluding carboxylic acids is 1. The van der Waals surface area contributed by atoms with Crippen molar-refractivity contribution in [3.63, 3.8) is 0 Å². The Balaban J connectivity index is 2.34. The quantitative estimate of drug-likeness (QED) is 0.633. The highest BCUT2D eigenvalue weighted by atomic mass is 16.4. The predicted octanol–water partition coefficient (Wildman–Crippen LogP) is 2.37. The molecule has 1 atom stereocenters. The van der Waals surface area contributed by atoms with Gasteiger partial charge in [0.25, 0.3) is 0 Å². The number of carboxylic acids is 1. The molecule has 1 rings (SSSR count). The fraction of sp³-hybridized carbons (Fsp3) is 0.857. The van der Waals surface area contributed by atoms with Crippen molar-refractivity contribution in [3.8, 4) is 0 Å². The molecule has 0 spiro atoms. The summed E-state index contributed by atoms with van der Waals surface area (Å²) in [7, 11) is 0. The molecule has 1 saturated carbocycles. The van der Waals surface area contributed by atoms with E-state index in [1.165, 1.54) is 12.8 Å². The van der Waals surface area contributed by atoms with Gasteiger partial charge in [0.2, 0.25) is 0 Å². The number of hydrogen-bond donors (Lipinski definition) is 3. The van der Waals surface area contributed by atoms with Gasteiger partial charge in [0.1, 0.15) is 0 Å². The Hall–Kier alpha value is -1.26. The summed E-state index contributed by atoms with van der Waals surface area (Å²) in [4.78, 5) is 22.5. The average molecular weight is 270 g/mol. The fourth-order valence-corrected chi connectivity index (χ4v) is 2.35. The monoisotopic (exact) mass is 270 g/mol. The van der Waals surface area contributed by atoms with Crippen molar-refractivity contribution < 1.29 is 14.7 Å². The van der Waals surface area contributed by atoms with Gasteiger partial charge >= 0.3 is 12.0 Å². The summed E-state index contributed by atoms with van der Waals surface area (Å²) in [5.41, 5.74) is 0.312. The summed E-state index contributed by atoms with van der Waals surface area (Å²) in [6, 6.07) is -0.568. The molecule has 1 unspecified atom stereocenters. The van der Waals surface area contributed by atoms with E-state index in [-0.39, 0.29) is 24.4 Å². The van der Waals surface area contributed by atoms with Crippen molar-refractivity contribution in [2.75, 3.05) is 6.54 Å². The maximum absolute atomic E-state index is 11.8. The van der Waals surface area contributed by atoms with Gasteiger partial charge in [-0.05, 0) is 30.6 Å². The fourth-order valence-electron chi connectivity index (χ4n) is 2.35. The normalized spacial score (nSPS) is 17.9. The Labute approximate surface area is 115 Å². The zero-order chi connectivity index (χ0) is 14.5. The second kappa shape index (κ2) is 6.78. The number of amides is 2. The number of carbonyl (C=O) groups is 2. The molecule has 0 bridgehead atoms. The van der Waals surface area contributed by atoms with E-state index in [0.29, 0.717) is 12.0 Å². The van der Waals surface area contributed by atoms with Gasteiger partial charge in [0.15, 0.2) is 0 Å². The molecule has 0 heterocycles. The van der Waals surface area contributed by atoms with Gasteiger partial charge in [0.05, 0.1) is 6.42 Å². The third-order valence-corrected chi connectivity index (χ3v) is 3.88. The van der Waals surface area contributed by atoms with E-state index in [4.69, 9.17) is 5.11 Å². The first-order chi connectivity index (χ1) is 8.88. The van der Waals surface area contributed by atoms with Crippen LogP contribution in [-0.4, -0.2) is 29.7 Å². The molecule has 5 nitrogen and oxygen atoms in total. The van der Waals surface area contributed by atoms with Crippen LogP contribution in [0.15, 0.2) is 0 Å². The first-order valence-corrected chi connectivity index (χ1v) is 7.15. The Bertz CT molecular complexity index is 325. The van der Waals surface area contributed by atoms with Crippen LogP contribution in [0.5, 0.6) is 0 Å². The lowest BCUT2D eigenvalue weighted by Gasteiger charge is -2.22. The zero-order valence-corrected chi connectivity index (χ0v) is 12.2. The van der Waals surface area contributed by atoms with Gasteiger partial charge in [0, 0.05) is 12.6 Å². The van der Waals surface area contributed by atoms with Crippen LogP contribution in [0.1, 0.15) is 52.9 Å². The van der Waals surface area contributed by atoms with Crippen molar-refractivity contribution >= 4 is 12.0 Å². The minimum Gasteiger partial charge on any atom is -0.481 e. The van der Waals surface area contributed by atoms with Crippen LogP contribution in [0.4, 0.5) is 4.79 Å². The summed E-state index contributed by atoms with van der Waals surface area (Å²) in [5.74, 6) is -0.781. The molecular weight excluding hydrogens is 244 g/mol. The molecule has 0 radical (unpaired) electrons. The smallest absolute Gasteiger partial charge is 0.315 e. The minimum absolute atomic E-state index is 0.0365. The van der Waals surface area contributed by atoms with E-state index >= 15 is 0 Å². The molecule has 110 valence electrons. The maximum Gasteiger partial charge on any atom is 0.315 e. The van der Waals surface area contributed by atoms with Crippen molar-refractivity contribution in [1.29, 1.82) is 0 Å². The SMILES string of the molecule is CCCC1(CNC(=O)NC(CC(=O)O)C(C)C)CC1. The molecule has 0 aromatic rings. The van der Waals surface area contributed by atoms with Crippen LogP contribution in [0, 0.1) is 11.3 Å². The molecule has 5 heteroatoms. The molecular formula is C14H26N2O3. The van der Waals surface area contributed by atoms with Crippen LogP contribution >= 0.6 is 0 Å². The number of urea groups is 1. The van der Waals surface area contributed by atoms with Gasteiger partial charge < -0.3 is 15.7 Å². The van der Waals surface area contributed by atoms with Gasteiger partial charge in [-0.2, -0.15) is 0 Å². The largest absolute Gasteiger partial charge is 0.481 e. The predicted molar refractivity (Wildman–Crippen MR) is 74.0 cm³/mol. The van der Waals surface area contributed by atoms with Crippen molar-refractivity contribution in [3.05, 3.63) is 0 Å². The Morgan fingerprint density at radius 1 is 1.32 bits per heavy atom. The van der Waals surface area contributed by atoms with E-state index in [2.05, 4.69) is 17.6 Å². The summed E-state index contributed by atoms with van der Waals surface area (Å²) in [5, 5.41) is 14.5. The molecule has 0 aliphatic heterocycles. The van der Waals surface area contributed by atoms with Crippen LogP contribution in [0.2, 0.25) is 0 Å². The van der Waals surface area contributed by atoms with Gasteiger partial charge in [-0.1, -0.05) is 27.2 Å². The maximum atomic E-state index is 11.8. The molecule has 0 aromatic carbocycles. The second-order valence-electron chi connectivity index (χ2n) is 6.03. The highest BCUT2D eigenvalue weighted by Gasteiger charge is 2.41. The summed E-state index contributed by atoms with van der Waals surface area (Å²) < 4.78 is 0. The van der Waals surface area contributed by atoms with Crippen molar-refractivity contribution in [2.45, 2.75) is 58.9 Å². The molecule has 19 heavy (non-hydrogen) atoms. The standard InChI is InChI=1S/C14H26N2O3/c1-4-5-14(6-7-14)9-15-13(19)16-11(10(2)3)8-12(17)18/h10-11H,4-9H2,1-3H3,(H,17,18)(H2,15,16,19). The first-order valence-electron chi connectivity index (χ1n) is 7.15. The second-order valence-corrected chi connectivity index (χ2v) is 6.03. The number of hydrogen-bond acceptors (Lipinski definition) is 2. The number of aliphatic carboxylic acids is 1. The van der Waals surface area contributed by atoms with E-state index in [9.17, 15) is 9.59 Å². The molecule has 0 aromatic heterocycles. The Morgan fingerprint density at radius 3 is 2.37 bits per heavy atom. The number of nitrogens with one attached hydrogen (secondary N) is 2. The van der Waals surface area contributed by atoms with E-state index in [1.807, 2.05) is 13.8 Å². The van der Waals surface area contributed by atoms with E-state index < -0.39 is 5.97 Å². The summed E-state index contributed by atoms with van der Waals surface area (Å²) >= 11 is 0. The molecule has 1 aliphatic rings.